The molecule has 5 rings (SSSR count). The second kappa shape index (κ2) is 9.16. The Morgan fingerprint density at radius 3 is 2.35 bits per heavy atom. The Morgan fingerprint density at radius 2 is 1.74 bits per heavy atom. The first-order valence-electron chi connectivity index (χ1n) is 12.3. The van der Waals surface area contributed by atoms with Crippen LogP contribution >= 0.6 is 0 Å². The van der Waals surface area contributed by atoms with Gasteiger partial charge in [0, 0.05) is 43.7 Å². The Labute approximate surface area is 200 Å². The highest BCUT2D eigenvalue weighted by Crippen LogP contribution is 2.49. The van der Waals surface area contributed by atoms with Crippen molar-refractivity contribution in [2.75, 3.05) is 28.2 Å². The highest BCUT2D eigenvalue weighted by Gasteiger charge is 2.48. The summed E-state index contributed by atoms with van der Waals surface area (Å²) >= 11 is 0. The van der Waals surface area contributed by atoms with Crippen LogP contribution in [0.25, 0.3) is 0 Å². The van der Waals surface area contributed by atoms with E-state index >= 15 is 0 Å². The van der Waals surface area contributed by atoms with Gasteiger partial charge in [-0.05, 0) is 55.9 Å². The molecule has 1 aromatic carbocycles. The number of para-hydroxylation sites is 1. The number of hydrogen-bond donors (Lipinski definition) is 3. The zero-order valence-electron chi connectivity index (χ0n) is 19.8. The van der Waals surface area contributed by atoms with Gasteiger partial charge in [0.05, 0.1) is 17.4 Å². The summed E-state index contributed by atoms with van der Waals surface area (Å²) in [6.07, 6.45) is 2.85. The van der Waals surface area contributed by atoms with Crippen molar-refractivity contribution in [2.45, 2.75) is 57.7 Å². The molecule has 1 saturated heterocycles. The lowest BCUT2D eigenvalue weighted by molar-refractivity contribution is -0.117. The van der Waals surface area contributed by atoms with Crippen LogP contribution in [0.3, 0.4) is 0 Å². The third-order valence-corrected chi connectivity index (χ3v) is 7.49. The molecule has 0 spiro atoms. The van der Waals surface area contributed by atoms with Crippen LogP contribution in [0.1, 0.15) is 51.3 Å². The van der Waals surface area contributed by atoms with Crippen LogP contribution in [-0.2, 0) is 4.79 Å². The summed E-state index contributed by atoms with van der Waals surface area (Å²) in [6.45, 7) is 5.37. The number of nitrogens with one attached hydrogen (secondary N) is 2. The number of piperidine rings is 1. The number of fused-ring (bicyclic) bond motifs is 1. The van der Waals surface area contributed by atoms with E-state index in [1.54, 1.807) is 6.92 Å². The molecule has 1 saturated carbocycles. The standard InChI is InChI=1S/C26H33N5O3/c1-16-23(27-19-6-4-3-5-7-19)24-21(31(17(2)32)25(16)18-8-9-18)10-11-22(29-24)30-14-12-20(13-15-30)28-26(33)34/h3-7,10-11,16,18,20,23,25,27-28H,8-9,12-15H2,1-2H3,(H,33,34)/t16-,23-,25-/m1/s1. The average molecular weight is 464 g/mol. The highest BCUT2D eigenvalue weighted by atomic mass is 16.4. The van der Waals surface area contributed by atoms with Gasteiger partial charge in [-0.15, -0.1) is 0 Å². The van der Waals surface area contributed by atoms with Crippen molar-refractivity contribution in [3.63, 3.8) is 0 Å². The Morgan fingerprint density at radius 1 is 1.03 bits per heavy atom. The van der Waals surface area contributed by atoms with E-state index in [1.807, 2.05) is 29.2 Å². The number of benzene rings is 1. The van der Waals surface area contributed by atoms with E-state index in [0.29, 0.717) is 5.92 Å². The smallest absolute Gasteiger partial charge is 0.404 e. The van der Waals surface area contributed by atoms with E-state index in [9.17, 15) is 9.59 Å². The first kappa shape index (κ1) is 22.5. The average Bonchev–Trinajstić information content (AvgIpc) is 3.66. The number of nitrogens with zero attached hydrogens (tertiary/aromatic N) is 3. The monoisotopic (exact) mass is 463 g/mol. The molecule has 1 aliphatic carbocycles. The van der Waals surface area contributed by atoms with Crippen molar-refractivity contribution < 1.29 is 14.7 Å². The molecule has 3 atom stereocenters. The fourth-order valence-electron chi connectivity index (χ4n) is 5.71. The van der Waals surface area contributed by atoms with Crippen LogP contribution in [0, 0.1) is 11.8 Å². The van der Waals surface area contributed by atoms with Crippen LogP contribution < -0.4 is 20.4 Å². The second-order valence-electron chi connectivity index (χ2n) is 9.85. The van der Waals surface area contributed by atoms with Crippen LogP contribution in [0.4, 0.5) is 22.0 Å². The summed E-state index contributed by atoms with van der Waals surface area (Å²) in [7, 11) is 0. The molecule has 0 bridgehead atoms. The third-order valence-electron chi connectivity index (χ3n) is 7.49. The second-order valence-corrected chi connectivity index (χ2v) is 9.85. The molecule has 3 N–H and O–H groups in total. The molecule has 2 amide bonds. The molecular formula is C26H33N5O3. The van der Waals surface area contributed by atoms with E-state index in [-0.39, 0.29) is 30.0 Å². The summed E-state index contributed by atoms with van der Waals surface area (Å²) in [4.78, 5) is 33.2. The Balaban J connectivity index is 1.48. The van der Waals surface area contributed by atoms with Crippen LogP contribution in [0.2, 0.25) is 0 Å². The maximum atomic E-state index is 12.8. The third kappa shape index (κ3) is 4.41. The Hall–Kier alpha value is -3.29. The predicted molar refractivity (Wildman–Crippen MR) is 132 cm³/mol. The summed E-state index contributed by atoms with van der Waals surface area (Å²) in [5, 5.41) is 15.3. The number of rotatable bonds is 5. The molecule has 34 heavy (non-hydrogen) atoms. The van der Waals surface area contributed by atoms with Gasteiger partial charge in [-0.1, -0.05) is 25.1 Å². The normalized spacial score (nSPS) is 24.9. The Kier molecular flexibility index (Phi) is 6.06. The van der Waals surface area contributed by atoms with Gasteiger partial charge in [0.15, 0.2) is 0 Å². The van der Waals surface area contributed by atoms with Crippen molar-refractivity contribution >= 4 is 29.2 Å². The molecular weight excluding hydrogens is 430 g/mol. The van der Waals surface area contributed by atoms with Crippen LogP contribution in [0.15, 0.2) is 42.5 Å². The van der Waals surface area contributed by atoms with E-state index in [4.69, 9.17) is 10.1 Å². The lowest BCUT2D eigenvalue weighted by atomic mass is 9.82. The molecule has 1 aromatic heterocycles. The van der Waals surface area contributed by atoms with Crippen molar-refractivity contribution in [1.82, 2.24) is 10.3 Å². The van der Waals surface area contributed by atoms with E-state index < -0.39 is 6.09 Å². The highest BCUT2D eigenvalue weighted by molar-refractivity contribution is 5.94. The number of amides is 2. The maximum absolute atomic E-state index is 12.8. The van der Waals surface area contributed by atoms with Gasteiger partial charge in [0.25, 0.3) is 0 Å². The van der Waals surface area contributed by atoms with Gasteiger partial charge in [-0.3, -0.25) is 4.79 Å². The van der Waals surface area contributed by atoms with Crippen LogP contribution in [-0.4, -0.2) is 47.3 Å². The van der Waals surface area contributed by atoms with Gasteiger partial charge in [0.1, 0.15) is 5.82 Å². The molecule has 3 aliphatic rings. The van der Waals surface area contributed by atoms with E-state index in [2.05, 4.69) is 40.7 Å². The first-order chi connectivity index (χ1) is 16.4. The lowest BCUT2D eigenvalue weighted by Crippen LogP contribution is -2.51. The number of carbonyl (C=O) groups excluding carboxylic acids is 1. The molecule has 2 aliphatic heterocycles. The molecule has 3 heterocycles. The molecule has 2 aromatic rings. The summed E-state index contributed by atoms with van der Waals surface area (Å²) < 4.78 is 0. The van der Waals surface area contributed by atoms with Gasteiger partial charge < -0.3 is 25.5 Å². The molecule has 180 valence electrons. The van der Waals surface area contributed by atoms with Gasteiger partial charge in [-0.2, -0.15) is 0 Å². The van der Waals surface area contributed by atoms with Crippen molar-refractivity contribution in [1.29, 1.82) is 0 Å². The molecule has 8 heteroatoms. The van der Waals surface area contributed by atoms with E-state index in [1.165, 1.54) is 0 Å². The number of anilines is 3. The van der Waals surface area contributed by atoms with E-state index in [0.717, 1.165) is 61.7 Å². The lowest BCUT2D eigenvalue weighted by Gasteiger charge is -2.45. The number of aromatic nitrogens is 1. The minimum Gasteiger partial charge on any atom is -0.465 e. The largest absolute Gasteiger partial charge is 0.465 e. The molecule has 8 nitrogen and oxygen atoms in total. The molecule has 0 unspecified atom stereocenters. The molecule has 0 radical (unpaired) electrons. The maximum Gasteiger partial charge on any atom is 0.404 e. The topological polar surface area (TPSA) is 97.8 Å². The van der Waals surface area contributed by atoms with Gasteiger partial charge in [0.2, 0.25) is 5.91 Å². The van der Waals surface area contributed by atoms with Gasteiger partial charge in [-0.25, -0.2) is 9.78 Å². The zero-order valence-corrected chi connectivity index (χ0v) is 19.8. The van der Waals surface area contributed by atoms with Crippen LogP contribution in [0.5, 0.6) is 0 Å². The van der Waals surface area contributed by atoms with Crippen molar-refractivity contribution in [3.05, 3.63) is 48.2 Å². The first-order valence-corrected chi connectivity index (χ1v) is 12.3. The van der Waals surface area contributed by atoms with Gasteiger partial charge >= 0.3 is 6.09 Å². The number of pyridine rings is 1. The fourth-order valence-corrected chi connectivity index (χ4v) is 5.71. The number of carbonyl (C=O) groups is 2. The fraction of sp³-hybridized carbons (Fsp3) is 0.500. The SMILES string of the molecule is CC(=O)N1c2ccc(N3CCC(NC(=O)O)CC3)nc2[C@H](Nc2ccccc2)[C@@H](C)[C@@H]1C1CC1. The van der Waals surface area contributed by atoms with Crippen molar-refractivity contribution in [2.24, 2.45) is 11.8 Å². The predicted octanol–water partition coefficient (Wildman–Crippen LogP) is 4.25. The number of hydrogen-bond acceptors (Lipinski definition) is 5. The summed E-state index contributed by atoms with van der Waals surface area (Å²) in [5.41, 5.74) is 2.86. The quantitative estimate of drug-likeness (QED) is 0.613. The summed E-state index contributed by atoms with van der Waals surface area (Å²) in [5.74, 6) is 1.69. The Bertz CT molecular complexity index is 1050. The summed E-state index contributed by atoms with van der Waals surface area (Å²) in [6, 6.07) is 14.4. The minimum absolute atomic E-state index is 0.00948. The van der Waals surface area contributed by atoms with Crippen molar-refractivity contribution in [3.8, 4) is 0 Å². The number of carboxylic acid groups (broad SMARTS) is 1. The minimum atomic E-state index is -0.969. The molecule has 2 fully saturated rings. The zero-order chi connectivity index (χ0) is 23.8.